The van der Waals surface area contributed by atoms with Crippen molar-refractivity contribution in [2.45, 2.75) is 30.9 Å². The highest BCUT2D eigenvalue weighted by Gasteiger charge is 2.40. The van der Waals surface area contributed by atoms with Crippen molar-refractivity contribution < 1.29 is 9.84 Å². The van der Waals surface area contributed by atoms with Crippen LogP contribution in [-0.4, -0.2) is 47.5 Å². The lowest BCUT2D eigenvalue weighted by molar-refractivity contribution is -0.0402. The van der Waals surface area contributed by atoms with Crippen molar-refractivity contribution in [3.05, 3.63) is 35.5 Å². The lowest BCUT2D eigenvalue weighted by Crippen LogP contribution is -2.52. The smallest absolute Gasteiger partial charge is 0.0989 e. The van der Waals surface area contributed by atoms with Gasteiger partial charge in [0.2, 0.25) is 0 Å². The lowest BCUT2D eigenvalue weighted by Gasteiger charge is -2.45. The lowest BCUT2D eigenvalue weighted by atomic mass is 9.74. The first-order valence-corrected chi connectivity index (χ1v) is 7.28. The number of ether oxygens (including phenoxy) is 1. The third-order valence-electron chi connectivity index (χ3n) is 4.85. The minimum absolute atomic E-state index is 0.262. The first kappa shape index (κ1) is 12.4. The fourth-order valence-electron chi connectivity index (χ4n) is 4.09. The predicted octanol–water partition coefficient (Wildman–Crippen LogP) is 1.85. The molecule has 3 atom stereocenters. The SMILES string of the molecule is COCN1C[C@H](O)CC2c3cccc4[nH]cc(c34)C[C@H]21. The Labute approximate surface area is 118 Å². The Bertz CT molecular complexity index is 636. The number of methoxy groups -OCH3 is 1. The third kappa shape index (κ3) is 1.72. The zero-order chi connectivity index (χ0) is 13.7. The molecule has 0 saturated carbocycles. The second kappa shape index (κ2) is 4.58. The van der Waals surface area contributed by atoms with Crippen LogP contribution in [0.25, 0.3) is 10.9 Å². The van der Waals surface area contributed by atoms with Gasteiger partial charge in [0.05, 0.1) is 12.8 Å². The van der Waals surface area contributed by atoms with Gasteiger partial charge in [0.1, 0.15) is 0 Å². The van der Waals surface area contributed by atoms with Crippen LogP contribution in [0.2, 0.25) is 0 Å². The summed E-state index contributed by atoms with van der Waals surface area (Å²) in [6.45, 7) is 1.30. The summed E-state index contributed by atoms with van der Waals surface area (Å²) >= 11 is 0. The molecule has 20 heavy (non-hydrogen) atoms. The van der Waals surface area contributed by atoms with Crippen molar-refractivity contribution in [1.82, 2.24) is 9.88 Å². The van der Waals surface area contributed by atoms with Crippen LogP contribution in [0, 0.1) is 0 Å². The molecule has 1 aliphatic carbocycles. The zero-order valence-corrected chi connectivity index (χ0v) is 11.7. The number of hydrogen-bond donors (Lipinski definition) is 2. The van der Waals surface area contributed by atoms with Crippen molar-refractivity contribution in [3.8, 4) is 0 Å². The highest BCUT2D eigenvalue weighted by atomic mass is 16.5. The first-order chi connectivity index (χ1) is 9.78. The Morgan fingerprint density at radius 2 is 2.35 bits per heavy atom. The van der Waals surface area contributed by atoms with Crippen molar-refractivity contribution in [3.63, 3.8) is 0 Å². The quantitative estimate of drug-likeness (QED) is 0.877. The van der Waals surface area contributed by atoms with E-state index in [1.165, 1.54) is 22.0 Å². The molecule has 2 aliphatic rings. The molecule has 1 saturated heterocycles. The number of rotatable bonds is 2. The fourth-order valence-corrected chi connectivity index (χ4v) is 4.09. The molecule has 1 fully saturated rings. The van der Waals surface area contributed by atoms with E-state index in [1.807, 2.05) is 0 Å². The van der Waals surface area contributed by atoms with Gasteiger partial charge in [0, 0.05) is 42.7 Å². The molecule has 1 unspecified atom stereocenters. The monoisotopic (exact) mass is 272 g/mol. The number of nitrogens with zero attached hydrogens (tertiary/aromatic N) is 1. The van der Waals surface area contributed by atoms with Crippen LogP contribution in [0.3, 0.4) is 0 Å². The van der Waals surface area contributed by atoms with E-state index in [9.17, 15) is 5.11 Å². The van der Waals surface area contributed by atoms with Crippen LogP contribution in [0.5, 0.6) is 0 Å². The first-order valence-electron chi connectivity index (χ1n) is 7.28. The number of fused-ring (bicyclic) bond motifs is 2. The summed E-state index contributed by atoms with van der Waals surface area (Å²) in [6, 6.07) is 6.91. The standard InChI is InChI=1S/C16H20N2O2/c1-20-9-18-8-11(19)6-13-12-3-2-4-14-16(12)10(7-17-14)5-15(13)18/h2-4,7,11,13,15,17,19H,5-6,8-9H2,1H3/t11-,13?,15-/m1/s1. The van der Waals surface area contributed by atoms with E-state index in [2.05, 4.69) is 34.3 Å². The van der Waals surface area contributed by atoms with Gasteiger partial charge in [-0.1, -0.05) is 12.1 Å². The molecular weight excluding hydrogens is 252 g/mol. The van der Waals surface area contributed by atoms with Gasteiger partial charge in [-0.05, 0) is 30.0 Å². The van der Waals surface area contributed by atoms with Crippen LogP contribution in [0.15, 0.2) is 24.4 Å². The Morgan fingerprint density at radius 1 is 1.45 bits per heavy atom. The number of aliphatic hydroxyl groups is 1. The van der Waals surface area contributed by atoms with E-state index in [-0.39, 0.29) is 6.10 Å². The maximum absolute atomic E-state index is 10.2. The van der Waals surface area contributed by atoms with Gasteiger partial charge in [-0.3, -0.25) is 4.90 Å². The number of piperidine rings is 1. The Morgan fingerprint density at radius 3 is 3.20 bits per heavy atom. The highest BCUT2D eigenvalue weighted by molar-refractivity contribution is 5.88. The molecule has 2 heterocycles. The van der Waals surface area contributed by atoms with Gasteiger partial charge in [-0.15, -0.1) is 0 Å². The second-order valence-corrected chi connectivity index (χ2v) is 6.04. The van der Waals surface area contributed by atoms with Crippen molar-refractivity contribution in [2.75, 3.05) is 20.4 Å². The largest absolute Gasteiger partial charge is 0.392 e. The van der Waals surface area contributed by atoms with Crippen molar-refractivity contribution >= 4 is 10.9 Å². The van der Waals surface area contributed by atoms with Gasteiger partial charge in [-0.25, -0.2) is 0 Å². The molecular formula is C16H20N2O2. The topological polar surface area (TPSA) is 48.5 Å². The molecule has 4 rings (SSSR count). The second-order valence-electron chi connectivity index (χ2n) is 6.04. The van der Waals surface area contributed by atoms with Crippen LogP contribution < -0.4 is 0 Å². The minimum atomic E-state index is -0.262. The van der Waals surface area contributed by atoms with E-state index in [0.29, 0.717) is 25.2 Å². The molecule has 1 aromatic carbocycles. The number of aromatic amines is 1. The van der Waals surface area contributed by atoms with Crippen LogP contribution in [0.1, 0.15) is 23.5 Å². The molecule has 0 spiro atoms. The Kier molecular flexibility index (Phi) is 2.84. The van der Waals surface area contributed by atoms with Gasteiger partial charge in [0.25, 0.3) is 0 Å². The fraction of sp³-hybridized carbons (Fsp3) is 0.500. The highest BCUT2D eigenvalue weighted by Crippen LogP contribution is 2.43. The van der Waals surface area contributed by atoms with Crippen LogP contribution >= 0.6 is 0 Å². The molecule has 0 radical (unpaired) electrons. The Balaban J connectivity index is 1.82. The summed E-state index contributed by atoms with van der Waals surface area (Å²) in [4.78, 5) is 5.66. The number of benzene rings is 1. The summed E-state index contributed by atoms with van der Waals surface area (Å²) < 4.78 is 5.33. The minimum Gasteiger partial charge on any atom is -0.392 e. The molecule has 4 heteroatoms. The summed E-state index contributed by atoms with van der Waals surface area (Å²) in [6.07, 6.45) is 3.77. The van der Waals surface area contributed by atoms with Gasteiger partial charge in [0.15, 0.2) is 0 Å². The van der Waals surface area contributed by atoms with E-state index in [1.54, 1.807) is 7.11 Å². The molecule has 0 bridgehead atoms. The number of β-amino-alcohol motifs (C(OH)–C–C–N with tert-alkyl or cyclic N) is 1. The molecule has 0 amide bonds. The summed E-state index contributed by atoms with van der Waals surface area (Å²) in [7, 11) is 1.72. The van der Waals surface area contributed by atoms with E-state index < -0.39 is 0 Å². The van der Waals surface area contributed by atoms with Crippen LogP contribution in [0.4, 0.5) is 0 Å². The van der Waals surface area contributed by atoms with Crippen LogP contribution in [-0.2, 0) is 11.2 Å². The number of likely N-dealkylation sites (tertiary alicyclic amines) is 1. The van der Waals surface area contributed by atoms with Gasteiger partial charge in [-0.2, -0.15) is 0 Å². The average molecular weight is 272 g/mol. The maximum Gasteiger partial charge on any atom is 0.0989 e. The molecule has 106 valence electrons. The van der Waals surface area contributed by atoms with E-state index >= 15 is 0 Å². The average Bonchev–Trinajstić information content (AvgIpc) is 2.85. The number of H-pyrrole nitrogens is 1. The van der Waals surface area contributed by atoms with E-state index in [4.69, 9.17) is 4.74 Å². The molecule has 1 aliphatic heterocycles. The molecule has 2 N–H and O–H groups in total. The summed E-state index contributed by atoms with van der Waals surface area (Å²) in [5.41, 5.74) is 4.00. The number of aliphatic hydroxyl groups excluding tert-OH is 1. The van der Waals surface area contributed by atoms with Gasteiger partial charge < -0.3 is 14.8 Å². The predicted molar refractivity (Wildman–Crippen MR) is 77.7 cm³/mol. The molecule has 1 aromatic heterocycles. The molecule has 4 nitrogen and oxygen atoms in total. The van der Waals surface area contributed by atoms with Crippen molar-refractivity contribution in [1.29, 1.82) is 0 Å². The maximum atomic E-state index is 10.2. The number of aromatic nitrogens is 1. The summed E-state index contributed by atoms with van der Waals surface area (Å²) in [5, 5.41) is 11.6. The van der Waals surface area contributed by atoms with E-state index in [0.717, 1.165) is 12.8 Å². The Hall–Kier alpha value is -1.36. The molecule has 2 aromatic rings. The third-order valence-corrected chi connectivity index (χ3v) is 4.85. The summed E-state index contributed by atoms with van der Waals surface area (Å²) in [5.74, 6) is 0.404. The number of nitrogens with one attached hydrogen (secondary N) is 1. The zero-order valence-electron chi connectivity index (χ0n) is 11.7. The van der Waals surface area contributed by atoms with Gasteiger partial charge >= 0.3 is 0 Å². The van der Waals surface area contributed by atoms with Crippen molar-refractivity contribution in [2.24, 2.45) is 0 Å². The number of hydrogen-bond acceptors (Lipinski definition) is 3. The normalized spacial score (nSPS) is 29.6.